The molecule has 1 unspecified atom stereocenters. The summed E-state index contributed by atoms with van der Waals surface area (Å²) in [5.74, 6) is 2.88. The topological polar surface area (TPSA) is 26.3 Å². The van der Waals surface area contributed by atoms with Crippen molar-refractivity contribution in [2.24, 2.45) is 0 Å². The molecule has 0 saturated heterocycles. The monoisotopic (exact) mass is 302 g/mol. The van der Waals surface area contributed by atoms with Crippen LogP contribution < -0.4 is 0 Å². The molecule has 0 heterocycles. The lowest BCUT2D eigenvalue weighted by molar-refractivity contribution is -0.142. The van der Waals surface area contributed by atoms with Crippen molar-refractivity contribution in [3.05, 3.63) is 35.4 Å². The van der Waals surface area contributed by atoms with Crippen molar-refractivity contribution in [3.63, 3.8) is 0 Å². The van der Waals surface area contributed by atoms with Crippen LogP contribution in [0.5, 0.6) is 0 Å². The maximum Gasteiger partial charge on any atom is 0.312 e. The molecule has 0 aliphatic carbocycles. The first-order valence-corrected chi connectivity index (χ1v) is 10.4. The van der Waals surface area contributed by atoms with Gasteiger partial charge in [0.1, 0.15) is 8.07 Å². The average molecular weight is 302 g/mol. The molecule has 1 aromatic carbocycles. The Morgan fingerprint density at radius 1 is 1.19 bits per heavy atom. The molecule has 0 amide bonds. The molecule has 2 nitrogen and oxygen atoms in total. The number of hydrogen-bond acceptors (Lipinski definition) is 2. The van der Waals surface area contributed by atoms with Crippen LogP contribution in [0.3, 0.4) is 0 Å². The van der Waals surface area contributed by atoms with Gasteiger partial charge in [0.15, 0.2) is 0 Å². The fraction of sp³-hybridized carbons (Fsp3) is 0.500. The van der Waals surface area contributed by atoms with E-state index in [2.05, 4.69) is 32.2 Å². The van der Waals surface area contributed by atoms with Gasteiger partial charge in [-0.2, -0.15) is 0 Å². The molecule has 0 bridgehead atoms. The van der Waals surface area contributed by atoms with Gasteiger partial charge in [0, 0.05) is 5.56 Å². The Kier molecular flexibility index (Phi) is 6.71. The van der Waals surface area contributed by atoms with E-state index in [0.29, 0.717) is 0 Å². The van der Waals surface area contributed by atoms with Crippen molar-refractivity contribution in [1.29, 1.82) is 0 Å². The van der Waals surface area contributed by atoms with Gasteiger partial charge in [-0.3, -0.25) is 4.79 Å². The van der Waals surface area contributed by atoms with Gasteiger partial charge in [-0.25, -0.2) is 0 Å². The van der Waals surface area contributed by atoms with Crippen LogP contribution in [0.25, 0.3) is 0 Å². The molecule has 0 spiro atoms. The summed E-state index contributed by atoms with van der Waals surface area (Å²) in [6, 6.07) is 11.4. The summed E-state index contributed by atoms with van der Waals surface area (Å²) in [5, 5.41) is 0. The third-order valence-corrected chi connectivity index (χ3v) is 9.19. The first-order chi connectivity index (χ1) is 10.0. The molecule has 0 saturated carbocycles. The molecule has 1 rings (SSSR count). The van der Waals surface area contributed by atoms with E-state index in [1.165, 1.54) is 25.2 Å². The van der Waals surface area contributed by atoms with Gasteiger partial charge in [-0.05, 0) is 36.7 Å². The predicted molar refractivity (Wildman–Crippen MR) is 90.9 cm³/mol. The van der Waals surface area contributed by atoms with Gasteiger partial charge in [0.05, 0.1) is 13.0 Å². The maximum atomic E-state index is 11.8. The molecular formula is C18H26O2Si. The highest BCUT2D eigenvalue weighted by Gasteiger charge is 2.24. The Hall–Kier alpha value is -1.53. The fourth-order valence-electron chi connectivity index (χ4n) is 2.51. The van der Waals surface area contributed by atoms with Crippen LogP contribution in [0.15, 0.2) is 24.3 Å². The van der Waals surface area contributed by atoms with Crippen molar-refractivity contribution in [2.75, 3.05) is 7.11 Å². The summed E-state index contributed by atoms with van der Waals surface area (Å²) in [4.78, 5) is 11.8. The average Bonchev–Trinajstić information content (AvgIpc) is 2.55. The zero-order valence-corrected chi connectivity index (χ0v) is 14.8. The molecule has 3 heteroatoms. The molecule has 0 fully saturated rings. The van der Waals surface area contributed by atoms with E-state index in [1.54, 1.807) is 0 Å². The van der Waals surface area contributed by atoms with Crippen molar-refractivity contribution in [2.45, 2.75) is 51.7 Å². The third kappa shape index (κ3) is 4.22. The Morgan fingerprint density at radius 3 is 2.29 bits per heavy atom. The number of methoxy groups -OCH3 is 1. The molecule has 21 heavy (non-hydrogen) atoms. The van der Waals surface area contributed by atoms with Crippen LogP contribution in [0, 0.1) is 11.5 Å². The van der Waals surface area contributed by atoms with Crippen LogP contribution >= 0.6 is 0 Å². The van der Waals surface area contributed by atoms with E-state index >= 15 is 0 Å². The van der Waals surface area contributed by atoms with E-state index in [4.69, 9.17) is 4.74 Å². The van der Waals surface area contributed by atoms with Crippen molar-refractivity contribution >= 4 is 14.0 Å². The van der Waals surface area contributed by atoms with Crippen molar-refractivity contribution in [3.8, 4) is 11.5 Å². The largest absolute Gasteiger partial charge is 0.469 e. The molecule has 0 radical (unpaired) electrons. The number of hydrogen-bond donors (Lipinski definition) is 0. The standard InChI is InChI=1S/C18H26O2Si/c1-6-21(7-2,8-3)14-13-16-11-9-10-12-17(16)15(4)18(19)20-5/h9-12,15H,6-8H2,1-5H3. The number of rotatable bonds is 5. The Balaban J connectivity index is 3.19. The highest BCUT2D eigenvalue weighted by Crippen LogP contribution is 2.22. The van der Waals surface area contributed by atoms with Gasteiger partial charge in [-0.1, -0.05) is 44.9 Å². The Labute approximate surface area is 129 Å². The van der Waals surface area contributed by atoms with E-state index in [0.717, 1.165) is 11.1 Å². The van der Waals surface area contributed by atoms with Crippen LogP contribution in [-0.4, -0.2) is 21.2 Å². The van der Waals surface area contributed by atoms with Crippen molar-refractivity contribution < 1.29 is 9.53 Å². The number of carbonyl (C=O) groups is 1. The molecule has 0 aromatic heterocycles. The summed E-state index contributed by atoms with van der Waals surface area (Å²) in [5.41, 5.74) is 5.51. The number of esters is 1. The predicted octanol–water partition coefficient (Wildman–Crippen LogP) is 4.36. The summed E-state index contributed by atoms with van der Waals surface area (Å²) >= 11 is 0. The minimum Gasteiger partial charge on any atom is -0.469 e. The minimum absolute atomic E-state index is 0.214. The lowest BCUT2D eigenvalue weighted by Crippen LogP contribution is -2.29. The Morgan fingerprint density at radius 2 is 1.76 bits per heavy atom. The second-order valence-corrected chi connectivity index (χ2v) is 10.4. The number of benzene rings is 1. The number of carbonyl (C=O) groups excluding carboxylic acids is 1. The summed E-state index contributed by atoms with van der Waals surface area (Å²) in [6.45, 7) is 8.61. The maximum absolute atomic E-state index is 11.8. The van der Waals surface area contributed by atoms with Gasteiger partial charge in [-0.15, -0.1) is 5.54 Å². The second-order valence-electron chi connectivity index (χ2n) is 5.42. The third-order valence-electron chi connectivity index (χ3n) is 4.47. The first-order valence-electron chi connectivity index (χ1n) is 7.73. The molecule has 0 aliphatic heterocycles. The zero-order valence-electron chi connectivity index (χ0n) is 13.8. The molecular weight excluding hydrogens is 276 g/mol. The lowest BCUT2D eigenvalue weighted by Gasteiger charge is -2.20. The second kappa shape index (κ2) is 8.04. The lowest BCUT2D eigenvalue weighted by atomic mass is 9.96. The molecule has 1 atom stereocenters. The van der Waals surface area contributed by atoms with Gasteiger partial charge < -0.3 is 4.74 Å². The highest BCUT2D eigenvalue weighted by atomic mass is 28.3. The molecule has 114 valence electrons. The first kappa shape index (κ1) is 17.5. The van der Waals surface area contributed by atoms with E-state index in [9.17, 15) is 4.79 Å². The minimum atomic E-state index is -1.47. The Bertz CT molecular complexity index is 527. The molecule has 1 aromatic rings. The van der Waals surface area contributed by atoms with Crippen LogP contribution in [-0.2, 0) is 9.53 Å². The van der Waals surface area contributed by atoms with Crippen LogP contribution in [0.2, 0.25) is 18.1 Å². The van der Waals surface area contributed by atoms with Gasteiger partial charge in [0.25, 0.3) is 0 Å². The quantitative estimate of drug-likeness (QED) is 0.459. The highest BCUT2D eigenvalue weighted by molar-refractivity contribution is 6.87. The summed E-state index contributed by atoms with van der Waals surface area (Å²) < 4.78 is 4.85. The number of ether oxygens (including phenoxy) is 1. The van der Waals surface area contributed by atoms with E-state index < -0.39 is 8.07 Å². The van der Waals surface area contributed by atoms with E-state index in [-0.39, 0.29) is 11.9 Å². The van der Waals surface area contributed by atoms with Gasteiger partial charge >= 0.3 is 5.97 Å². The van der Waals surface area contributed by atoms with E-state index in [1.807, 2.05) is 31.2 Å². The summed E-state index contributed by atoms with van der Waals surface area (Å²) in [6.07, 6.45) is 0. The van der Waals surface area contributed by atoms with Crippen LogP contribution in [0.4, 0.5) is 0 Å². The molecule has 0 aliphatic rings. The molecule has 0 N–H and O–H groups in total. The van der Waals surface area contributed by atoms with Crippen LogP contribution in [0.1, 0.15) is 44.7 Å². The fourth-order valence-corrected chi connectivity index (χ4v) is 4.94. The zero-order chi connectivity index (χ0) is 15.9. The van der Waals surface area contributed by atoms with Gasteiger partial charge in [0.2, 0.25) is 0 Å². The normalized spacial score (nSPS) is 12.2. The smallest absolute Gasteiger partial charge is 0.312 e. The van der Waals surface area contributed by atoms with Crippen molar-refractivity contribution in [1.82, 2.24) is 0 Å². The SMILES string of the molecule is CC[Si](C#Cc1ccccc1C(C)C(=O)OC)(CC)CC. The summed E-state index contributed by atoms with van der Waals surface area (Å²) in [7, 11) is -0.0438.